The number of hydrogen-bond donors (Lipinski definition) is 3. The predicted octanol–water partition coefficient (Wildman–Crippen LogP) is 3.21. The van der Waals surface area contributed by atoms with E-state index in [0.29, 0.717) is 22.6 Å². The van der Waals surface area contributed by atoms with Crippen LogP contribution in [-0.4, -0.2) is 12.0 Å². The van der Waals surface area contributed by atoms with Gasteiger partial charge in [-0.3, -0.25) is 5.84 Å². The third-order valence-electron chi connectivity index (χ3n) is 3.91. The summed E-state index contributed by atoms with van der Waals surface area (Å²) in [5, 5.41) is 0. The molecule has 0 aromatic heterocycles. The monoisotopic (exact) mass is 355 g/mol. The molecule has 0 amide bonds. The van der Waals surface area contributed by atoms with Crippen molar-refractivity contribution in [2.24, 2.45) is 17.5 Å². The van der Waals surface area contributed by atoms with Crippen LogP contribution in [0.5, 0.6) is 11.5 Å². The lowest BCUT2D eigenvalue weighted by atomic mass is 9.81. The molecule has 5 nitrogen and oxygen atoms in total. The van der Waals surface area contributed by atoms with E-state index in [2.05, 4.69) is 16.7 Å². The molecule has 0 saturated carbocycles. The zero-order valence-corrected chi connectivity index (χ0v) is 13.9. The topological polar surface area (TPSA) is 82.5 Å². The molecule has 1 atom stereocenters. The lowest BCUT2D eigenvalue weighted by Crippen LogP contribution is -2.48. The number of nitrogens with one attached hydrogen (secondary N) is 1. The molecule has 0 bridgehead atoms. The van der Waals surface area contributed by atoms with Crippen molar-refractivity contribution in [1.82, 2.24) is 5.43 Å². The van der Waals surface area contributed by atoms with Crippen LogP contribution in [0.2, 0.25) is 0 Å². The minimum Gasteiger partial charge on any atom is -0.475 e. The Labute approximate surface area is 143 Å². The number of benzene rings is 1. The molecule has 1 unspecified atom stereocenters. The third-order valence-corrected chi connectivity index (χ3v) is 3.91. The SMILES string of the molecule is C=C1C=Cc2cc(OC(F)(F)F)ccc2OC1(/C(N)=C/NN)C(C)C. The highest BCUT2D eigenvalue weighted by Gasteiger charge is 2.43. The van der Waals surface area contributed by atoms with Crippen molar-refractivity contribution in [3.05, 3.63) is 53.9 Å². The van der Waals surface area contributed by atoms with Gasteiger partial charge in [0.15, 0.2) is 5.60 Å². The number of hydrazine groups is 1. The summed E-state index contributed by atoms with van der Waals surface area (Å²) >= 11 is 0. The smallest absolute Gasteiger partial charge is 0.475 e. The molecule has 1 aliphatic heterocycles. The van der Waals surface area contributed by atoms with Gasteiger partial charge in [0.1, 0.15) is 11.5 Å². The third kappa shape index (κ3) is 3.74. The molecular formula is C17H20F3N3O2. The van der Waals surface area contributed by atoms with Crippen LogP contribution in [0.25, 0.3) is 6.08 Å². The van der Waals surface area contributed by atoms with Crippen LogP contribution in [0.3, 0.4) is 0 Å². The number of halogens is 3. The standard InChI is InChI=1S/C17H20F3N3O2/c1-10(2)16(15(21)9-23-22)11(3)4-5-12-8-13(24-17(18,19)20)6-7-14(12)25-16/h4-10,23H,3,21-22H2,1-2H3/b15-9-. The summed E-state index contributed by atoms with van der Waals surface area (Å²) in [5.41, 5.74) is 8.67. The summed E-state index contributed by atoms with van der Waals surface area (Å²) in [6.45, 7) is 7.79. The molecule has 136 valence electrons. The van der Waals surface area contributed by atoms with Gasteiger partial charge in [0, 0.05) is 17.7 Å². The van der Waals surface area contributed by atoms with Gasteiger partial charge in [0.05, 0.1) is 5.70 Å². The maximum atomic E-state index is 12.4. The van der Waals surface area contributed by atoms with Gasteiger partial charge >= 0.3 is 6.36 Å². The van der Waals surface area contributed by atoms with Gasteiger partial charge in [-0.05, 0) is 23.8 Å². The van der Waals surface area contributed by atoms with Gasteiger partial charge in [-0.25, -0.2) is 0 Å². The molecule has 1 aromatic rings. The molecule has 0 radical (unpaired) electrons. The summed E-state index contributed by atoms with van der Waals surface area (Å²) in [4.78, 5) is 0. The molecule has 25 heavy (non-hydrogen) atoms. The van der Waals surface area contributed by atoms with Crippen molar-refractivity contribution in [2.75, 3.05) is 0 Å². The van der Waals surface area contributed by atoms with E-state index in [1.807, 2.05) is 13.8 Å². The zero-order valence-electron chi connectivity index (χ0n) is 13.9. The van der Waals surface area contributed by atoms with Crippen molar-refractivity contribution in [3.8, 4) is 11.5 Å². The van der Waals surface area contributed by atoms with Crippen LogP contribution < -0.4 is 26.5 Å². The fourth-order valence-corrected chi connectivity index (χ4v) is 2.76. The molecule has 0 fully saturated rings. The van der Waals surface area contributed by atoms with Gasteiger partial charge in [0.2, 0.25) is 0 Å². The maximum Gasteiger partial charge on any atom is 0.573 e. The Kier molecular flexibility index (Phi) is 5.03. The molecule has 0 aliphatic carbocycles. The van der Waals surface area contributed by atoms with Crippen LogP contribution >= 0.6 is 0 Å². The Morgan fingerprint density at radius 1 is 1.36 bits per heavy atom. The van der Waals surface area contributed by atoms with Crippen LogP contribution in [0, 0.1) is 5.92 Å². The van der Waals surface area contributed by atoms with E-state index >= 15 is 0 Å². The van der Waals surface area contributed by atoms with Gasteiger partial charge in [-0.1, -0.05) is 32.6 Å². The Morgan fingerprint density at radius 3 is 2.60 bits per heavy atom. The first-order valence-corrected chi connectivity index (χ1v) is 7.48. The number of fused-ring (bicyclic) bond motifs is 1. The first kappa shape index (κ1) is 18.7. The number of alkyl halides is 3. The first-order valence-electron chi connectivity index (χ1n) is 7.48. The number of rotatable bonds is 4. The second-order valence-electron chi connectivity index (χ2n) is 5.86. The molecule has 1 aromatic carbocycles. The van der Waals surface area contributed by atoms with E-state index in [1.54, 1.807) is 12.2 Å². The Morgan fingerprint density at radius 2 is 2.04 bits per heavy atom. The summed E-state index contributed by atoms with van der Waals surface area (Å²) < 4.78 is 47.3. The highest BCUT2D eigenvalue weighted by Crippen LogP contribution is 2.41. The van der Waals surface area contributed by atoms with Crippen LogP contribution in [0.4, 0.5) is 13.2 Å². The van der Waals surface area contributed by atoms with Crippen molar-refractivity contribution in [3.63, 3.8) is 0 Å². The second kappa shape index (κ2) is 6.72. The number of hydrogen-bond acceptors (Lipinski definition) is 5. The largest absolute Gasteiger partial charge is 0.573 e. The Balaban J connectivity index is 2.52. The number of ether oxygens (including phenoxy) is 2. The van der Waals surface area contributed by atoms with Crippen LogP contribution in [-0.2, 0) is 0 Å². The highest BCUT2D eigenvalue weighted by molar-refractivity contribution is 5.65. The van der Waals surface area contributed by atoms with Gasteiger partial charge in [-0.15, -0.1) is 13.2 Å². The molecular weight excluding hydrogens is 335 g/mol. The zero-order chi connectivity index (χ0) is 18.8. The Bertz CT molecular complexity index is 726. The maximum absolute atomic E-state index is 12.4. The Hall–Kier alpha value is -2.61. The molecule has 5 N–H and O–H groups in total. The van der Waals surface area contributed by atoms with Gasteiger partial charge in [0.25, 0.3) is 0 Å². The van der Waals surface area contributed by atoms with Gasteiger partial charge in [-0.2, -0.15) is 0 Å². The number of nitrogens with two attached hydrogens (primary N) is 2. The molecule has 8 heteroatoms. The van der Waals surface area contributed by atoms with E-state index in [-0.39, 0.29) is 11.7 Å². The van der Waals surface area contributed by atoms with E-state index in [9.17, 15) is 13.2 Å². The molecule has 0 saturated heterocycles. The van der Waals surface area contributed by atoms with Crippen LogP contribution in [0.15, 0.2) is 48.3 Å². The van der Waals surface area contributed by atoms with E-state index < -0.39 is 12.0 Å². The fourth-order valence-electron chi connectivity index (χ4n) is 2.76. The minimum atomic E-state index is -4.77. The van der Waals surface area contributed by atoms with E-state index in [1.165, 1.54) is 24.4 Å². The summed E-state index contributed by atoms with van der Waals surface area (Å²) in [5.74, 6) is 5.20. The minimum absolute atomic E-state index is 0.133. The summed E-state index contributed by atoms with van der Waals surface area (Å²) in [7, 11) is 0. The van der Waals surface area contributed by atoms with Crippen molar-refractivity contribution in [1.29, 1.82) is 0 Å². The average Bonchev–Trinajstić information content (AvgIpc) is 2.63. The van der Waals surface area contributed by atoms with E-state index in [0.717, 1.165) is 0 Å². The molecule has 2 rings (SSSR count). The first-order chi connectivity index (χ1) is 11.6. The van der Waals surface area contributed by atoms with Crippen molar-refractivity contribution in [2.45, 2.75) is 25.8 Å². The fraction of sp³-hybridized carbons (Fsp3) is 0.294. The predicted molar refractivity (Wildman–Crippen MR) is 89.1 cm³/mol. The lowest BCUT2D eigenvalue weighted by molar-refractivity contribution is -0.274. The quantitative estimate of drug-likeness (QED) is 0.571. The highest BCUT2D eigenvalue weighted by atomic mass is 19.4. The van der Waals surface area contributed by atoms with E-state index in [4.69, 9.17) is 16.3 Å². The molecule has 1 heterocycles. The lowest BCUT2D eigenvalue weighted by Gasteiger charge is -2.38. The van der Waals surface area contributed by atoms with Gasteiger partial charge < -0.3 is 20.6 Å². The van der Waals surface area contributed by atoms with Crippen LogP contribution in [0.1, 0.15) is 19.4 Å². The summed E-state index contributed by atoms with van der Waals surface area (Å²) in [6, 6.07) is 3.82. The molecule has 0 spiro atoms. The second-order valence-corrected chi connectivity index (χ2v) is 5.86. The van der Waals surface area contributed by atoms with Crippen molar-refractivity contribution < 1.29 is 22.6 Å². The normalized spacial score (nSPS) is 20.8. The molecule has 1 aliphatic rings. The average molecular weight is 355 g/mol. The van der Waals surface area contributed by atoms with Crippen molar-refractivity contribution >= 4 is 6.08 Å². The summed E-state index contributed by atoms with van der Waals surface area (Å²) in [6.07, 6.45) is -0.117.